The number of ether oxygens (including phenoxy) is 1. The fraction of sp³-hybridized carbons (Fsp3) is 1.00. The Morgan fingerprint density at radius 3 is 2.88 bits per heavy atom. The van der Waals surface area contributed by atoms with E-state index in [1.165, 1.54) is 44.9 Å². The van der Waals surface area contributed by atoms with E-state index in [1.807, 2.05) is 0 Å². The van der Waals surface area contributed by atoms with Crippen LogP contribution in [0.2, 0.25) is 0 Å². The van der Waals surface area contributed by atoms with Gasteiger partial charge in [0.2, 0.25) is 0 Å². The van der Waals surface area contributed by atoms with E-state index < -0.39 is 0 Å². The lowest BCUT2D eigenvalue weighted by Crippen LogP contribution is -2.52. The van der Waals surface area contributed by atoms with Gasteiger partial charge < -0.3 is 15.8 Å². The lowest BCUT2D eigenvalue weighted by atomic mass is 9.77. The average molecular weight is 240 g/mol. The predicted molar refractivity (Wildman–Crippen MR) is 71.0 cm³/mol. The zero-order valence-electron chi connectivity index (χ0n) is 11.2. The molecule has 2 aliphatic rings. The molecule has 0 radical (unpaired) electrons. The summed E-state index contributed by atoms with van der Waals surface area (Å²) in [4.78, 5) is 0. The first-order valence-corrected chi connectivity index (χ1v) is 7.29. The first-order valence-electron chi connectivity index (χ1n) is 7.29. The molecule has 2 rings (SSSR count). The van der Waals surface area contributed by atoms with Crippen molar-refractivity contribution in [1.29, 1.82) is 0 Å². The lowest BCUT2D eigenvalue weighted by molar-refractivity contribution is 0.0158. The Balaban J connectivity index is 1.66. The van der Waals surface area contributed by atoms with Crippen molar-refractivity contribution in [2.75, 3.05) is 19.7 Å². The Morgan fingerprint density at radius 1 is 1.29 bits per heavy atom. The van der Waals surface area contributed by atoms with Crippen LogP contribution >= 0.6 is 0 Å². The molecule has 1 heterocycles. The van der Waals surface area contributed by atoms with Gasteiger partial charge in [0.25, 0.3) is 0 Å². The Morgan fingerprint density at radius 2 is 2.18 bits per heavy atom. The largest absolute Gasteiger partial charge is 0.377 e. The van der Waals surface area contributed by atoms with Crippen molar-refractivity contribution >= 4 is 0 Å². The van der Waals surface area contributed by atoms with Crippen LogP contribution in [0.1, 0.15) is 51.9 Å². The molecule has 3 atom stereocenters. The SMILES string of the molecule is CC1CCCC(N)(CNCC2CCCCO2)C1. The van der Waals surface area contributed by atoms with Gasteiger partial charge in [-0.2, -0.15) is 0 Å². The molecule has 1 aliphatic heterocycles. The first-order chi connectivity index (χ1) is 8.18. The third-order valence-corrected chi connectivity index (χ3v) is 4.25. The molecule has 1 saturated heterocycles. The van der Waals surface area contributed by atoms with E-state index >= 15 is 0 Å². The van der Waals surface area contributed by atoms with E-state index in [1.54, 1.807) is 0 Å². The van der Waals surface area contributed by atoms with E-state index in [4.69, 9.17) is 10.5 Å². The molecule has 17 heavy (non-hydrogen) atoms. The monoisotopic (exact) mass is 240 g/mol. The van der Waals surface area contributed by atoms with Gasteiger partial charge in [-0.25, -0.2) is 0 Å². The fourth-order valence-electron chi connectivity index (χ4n) is 3.31. The summed E-state index contributed by atoms with van der Waals surface area (Å²) in [6.45, 7) is 5.20. The molecule has 1 aliphatic carbocycles. The smallest absolute Gasteiger partial charge is 0.0699 e. The minimum absolute atomic E-state index is 0.0341. The predicted octanol–water partition coefficient (Wildman–Crippen LogP) is 2.05. The number of nitrogens with one attached hydrogen (secondary N) is 1. The third kappa shape index (κ3) is 4.23. The molecular weight excluding hydrogens is 212 g/mol. The second-order valence-corrected chi connectivity index (χ2v) is 6.18. The third-order valence-electron chi connectivity index (χ3n) is 4.25. The van der Waals surface area contributed by atoms with Crippen molar-refractivity contribution in [2.45, 2.75) is 63.5 Å². The molecule has 0 spiro atoms. The Hall–Kier alpha value is -0.120. The summed E-state index contributed by atoms with van der Waals surface area (Å²) < 4.78 is 5.72. The van der Waals surface area contributed by atoms with E-state index in [0.29, 0.717) is 6.10 Å². The fourth-order valence-corrected chi connectivity index (χ4v) is 3.31. The van der Waals surface area contributed by atoms with E-state index in [-0.39, 0.29) is 5.54 Å². The second-order valence-electron chi connectivity index (χ2n) is 6.18. The zero-order chi connectivity index (χ0) is 12.1. The summed E-state index contributed by atoms with van der Waals surface area (Å²) in [7, 11) is 0. The highest BCUT2D eigenvalue weighted by Crippen LogP contribution is 2.29. The summed E-state index contributed by atoms with van der Waals surface area (Å²) in [5.74, 6) is 0.793. The van der Waals surface area contributed by atoms with Crippen molar-refractivity contribution in [1.82, 2.24) is 5.32 Å². The van der Waals surface area contributed by atoms with Crippen LogP contribution in [0.15, 0.2) is 0 Å². The number of nitrogens with two attached hydrogens (primary N) is 1. The molecule has 3 heteroatoms. The van der Waals surface area contributed by atoms with Crippen LogP contribution in [0.4, 0.5) is 0 Å². The van der Waals surface area contributed by atoms with Crippen LogP contribution in [0.5, 0.6) is 0 Å². The number of hydrogen-bond acceptors (Lipinski definition) is 3. The van der Waals surface area contributed by atoms with Gasteiger partial charge in [-0.15, -0.1) is 0 Å². The van der Waals surface area contributed by atoms with Crippen LogP contribution < -0.4 is 11.1 Å². The summed E-state index contributed by atoms with van der Waals surface area (Å²) >= 11 is 0. The van der Waals surface area contributed by atoms with Crippen LogP contribution in [-0.2, 0) is 4.74 Å². The van der Waals surface area contributed by atoms with E-state index in [9.17, 15) is 0 Å². The van der Waals surface area contributed by atoms with E-state index in [0.717, 1.165) is 25.6 Å². The highest BCUT2D eigenvalue weighted by atomic mass is 16.5. The number of rotatable bonds is 4. The molecule has 3 nitrogen and oxygen atoms in total. The molecule has 0 aromatic rings. The maximum atomic E-state index is 6.46. The highest BCUT2D eigenvalue weighted by Gasteiger charge is 2.30. The van der Waals surface area contributed by atoms with Gasteiger partial charge in [0, 0.05) is 25.2 Å². The van der Waals surface area contributed by atoms with Crippen molar-refractivity contribution in [3.05, 3.63) is 0 Å². The van der Waals surface area contributed by atoms with Crippen molar-refractivity contribution in [3.63, 3.8) is 0 Å². The summed E-state index contributed by atoms with van der Waals surface area (Å²) in [5.41, 5.74) is 6.50. The second kappa shape index (κ2) is 6.17. The molecule has 0 aromatic heterocycles. The molecular formula is C14H28N2O. The molecule has 0 amide bonds. The van der Waals surface area contributed by atoms with Crippen molar-refractivity contribution in [3.8, 4) is 0 Å². The minimum atomic E-state index is 0.0341. The standard InChI is InChI=1S/C14H28N2O/c1-12-5-4-7-14(15,9-12)11-16-10-13-6-2-3-8-17-13/h12-13,16H,2-11,15H2,1H3. The highest BCUT2D eigenvalue weighted by molar-refractivity contribution is 4.91. The maximum absolute atomic E-state index is 6.46. The maximum Gasteiger partial charge on any atom is 0.0699 e. The Labute approximate surface area is 105 Å². The van der Waals surface area contributed by atoms with Gasteiger partial charge in [-0.05, 0) is 38.0 Å². The summed E-state index contributed by atoms with van der Waals surface area (Å²) in [5, 5.41) is 3.54. The topological polar surface area (TPSA) is 47.3 Å². The average Bonchev–Trinajstić information content (AvgIpc) is 2.30. The molecule has 3 unspecified atom stereocenters. The van der Waals surface area contributed by atoms with E-state index in [2.05, 4.69) is 12.2 Å². The molecule has 2 fully saturated rings. The minimum Gasteiger partial charge on any atom is -0.377 e. The van der Waals surface area contributed by atoms with Gasteiger partial charge in [0.1, 0.15) is 0 Å². The van der Waals surface area contributed by atoms with Gasteiger partial charge in [0.15, 0.2) is 0 Å². The van der Waals surface area contributed by atoms with Gasteiger partial charge in [-0.3, -0.25) is 0 Å². The van der Waals surface area contributed by atoms with Crippen molar-refractivity contribution < 1.29 is 4.74 Å². The van der Waals surface area contributed by atoms with Crippen molar-refractivity contribution in [2.24, 2.45) is 11.7 Å². The molecule has 3 N–H and O–H groups in total. The van der Waals surface area contributed by atoms with Crippen LogP contribution in [0, 0.1) is 5.92 Å². The molecule has 1 saturated carbocycles. The van der Waals surface area contributed by atoms with Gasteiger partial charge in [0.05, 0.1) is 6.10 Å². The van der Waals surface area contributed by atoms with Gasteiger partial charge >= 0.3 is 0 Å². The normalized spacial score (nSPS) is 39.2. The molecule has 100 valence electrons. The molecule has 0 bridgehead atoms. The zero-order valence-corrected chi connectivity index (χ0v) is 11.2. The van der Waals surface area contributed by atoms with Crippen LogP contribution in [0.3, 0.4) is 0 Å². The summed E-state index contributed by atoms with van der Waals surface area (Å²) in [6.07, 6.45) is 9.17. The number of hydrogen-bond donors (Lipinski definition) is 2. The lowest BCUT2D eigenvalue weighted by Gasteiger charge is -2.37. The van der Waals surface area contributed by atoms with Gasteiger partial charge in [-0.1, -0.05) is 19.8 Å². The van der Waals surface area contributed by atoms with Crippen LogP contribution in [0.25, 0.3) is 0 Å². The quantitative estimate of drug-likeness (QED) is 0.790. The summed E-state index contributed by atoms with van der Waals surface area (Å²) in [6, 6.07) is 0. The Kier molecular flexibility index (Phi) is 4.83. The first kappa shape index (κ1) is 13.3. The Bertz CT molecular complexity index is 228. The van der Waals surface area contributed by atoms with Crippen LogP contribution in [-0.4, -0.2) is 31.3 Å². The molecule has 0 aromatic carbocycles.